The third kappa shape index (κ3) is 19.1. The number of carbonyl (C=O) groups excluding carboxylic acids is 2. The van der Waals surface area contributed by atoms with Gasteiger partial charge in [0.1, 0.15) is 6.61 Å². The summed E-state index contributed by atoms with van der Waals surface area (Å²) in [5, 5.41) is 5.19. The van der Waals surface area contributed by atoms with Crippen molar-refractivity contribution in [3.05, 3.63) is 6.92 Å². The minimum atomic E-state index is -0.495. The molecule has 0 saturated heterocycles. The summed E-state index contributed by atoms with van der Waals surface area (Å²) in [6.07, 6.45) is 17.0. The van der Waals surface area contributed by atoms with Crippen LogP contribution >= 0.6 is 0 Å². The molecule has 2 N–H and O–H groups in total. The molecule has 5 nitrogen and oxygen atoms in total. The number of ether oxygens (including phenoxy) is 1. The molecular formula is C21H41N2O3. The van der Waals surface area contributed by atoms with Gasteiger partial charge in [0, 0.05) is 13.0 Å². The molecule has 0 spiro atoms. The highest BCUT2D eigenvalue weighted by Gasteiger charge is 2.02. The van der Waals surface area contributed by atoms with Gasteiger partial charge in [-0.3, -0.25) is 4.79 Å². The van der Waals surface area contributed by atoms with Gasteiger partial charge in [0.2, 0.25) is 5.91 Å². The Morgan fingerprint density at radius 2 is 1.27 bits per heavy atom. The lowest BCUT2D eigenvalue weighted by Gasteiger charge is -2.07. The predicted octanol–water partition coefficient (Wildman–Crippen LogP) is 5.14. The van der Waals surface area contributed by atoms with Gasteiger partial charge in [0.15, 0.2) is 0 Å². The average Bonchev–Trinajstić information content (AvgIpc) is 2.63. The molecule has 0 atom stereocenters. The maximum atomic E-state index is 11.6. The molecular weight excluding hydrogens is 328 g/mol. The lowest BCUT2D eigenvalue weighted by molar-refractivity contribution is -0.121. The molecule has 0 aliphatic carbocycles. The molecule has 26 heavy (non-hydrogen) atoms. The Morgan fingerprint density at radius 3 is 1.77 bits per heavy atom. The summed E-state index contributed by atoms with van der Waals surface area (Å²) >= 11 is 0. The monoisotopic (exact) mass is 369 g/mol. The number of hydrogen-bond donors (Lipinski definition) is 2. The Morgan fingerprint density at radius 1 is 0.769 bits per heavy atom. The van der Waals surface area contributed by atoms with Crippen molar-refractivity contribution in [3.8, 4) is 0 Å². The Kier molecular flexibility index (Phi) is 19.1. The number of nitrogens with one attached hydrogen (secondary N) is 2. The second-order valence-electron chi connectivity index (χ2n) is 6.91. The summed E-state index contributed by atoms with van der Waals surface area (Å²) in [4.78, 5) is 22.6. The molecule has 0 unspecified atom stereocenters. The number of unbranched alkanes of at least 4 members (excludes halogenated alkanes) is 12. The molecule has 0 heterocycles. The van der Waals surface area contributed by atoms with Crippen LogP contribution in [0.25, 0.3) is 0 Å². The molecule has 0 fully saturated rings. The van der Waals surface area contributed by atoms with E-state index in [1.165, 1.54) is 70.6 Å². The Balaban J connectivity index is 3.20. The van der Waals surface area contributed by atoms with Crippen LogP contribution in [0.3, 0.4) is 0 Å². The average molecular weight is 370 g/mol. The van der Waals surface area contributed by atoms with E-state index >= 15 is 0 Å². The number of amides is 2. The van der Waals surface area contributed by atoms with Gasteiger partial charge in [-0.15, -0.1) is 0 Å². The summed E-state index contributed by atoms with van der Waals surface area (Å²) < 4.78 is 4.85. The summed E-state index contributed by atoms with van der Waals surface area (Å²) in [6.45, 7) is 6.60. The maximum Gasteiger partial charge on any atom is 0.407 e. The SMILES string of the molecule is [CH2]CNC(=O)OCCNC(=O)CCCCCCCCCCCCCCC. The van der Waals surface area contributed by atoms with Gasteiger partial charge in [-0.25, -0.2) is 4.79 Å². The van der Waals surface area contributed by atoms with Gasteiger partial charge >= 0.3 is 6.09 Å². The molecule has 0 aliphatic rings. The highest BCUT2D eigenvalue weighted by Crippen LogP contribution is 2.12. The first kappa shape index (κ1) is 24.7. The highest BCUT2D eigenvalue weighted by molar-refractivity contribution is 5.75. The number of alkyl carbamates (subject to hydrolysis) is 1. The molecule has 1 radical (unpaired) electrons. The Hall–Kier alpha value is -1.26. The predicted molar refractivity (Wildman–Crippen MR) is 108 cm³/mol. The van der Waals surface area contributed by atoms with E-state index in [0.717, 1.165) is 12.8 Å². The molecule has 0 aromatic rings. The molecule has 0 bridgehead atoms. The van der Waals surface area contributed by atoms with E-state index in [4.69, 9.17) is 4.74 Å². The molecule has 0 aliphatic heterocycles. The minimum absolute atomic E-state index is 0.0363. The number of hydrogen-bond acceptors (Lipinski definition) is 3. The molecule has 0 rings (SSSR count). The quantitative estimate of drug-likeness (QED) is 0.329. The zero-order chi connectivity index (χ0) is 19.3. The van der Waals surface area contributed by atoms with Crippen molar-refractivity contribution in [2.75, 3.05) is 19.7 Å². The molecule has 5 heteroatoms. The van der Waals surface area contributed by atoms with Gasteiger partial charge in [-0.1, -0.05) is 84.0 Å². The normalized spacial score (nSPS) is 10.5. The minimum Gasteiger partial charge on any atom is -0.448 e. The summed E-state index contributed by atoms with van der Waals surface area (Å²) in [7, 11) is 0. The standard InChI is InChI=1S/C21H41N2O3/c1-3-5-6-7-8-9-10-11-12-13-14-15-16-17-20(24)23-18-19-26-21(25)22-4-2/h2-19H2,1H3,(H,22,25)(H,23,24). The lowest BCUT2D eigenvalue weighted by Crippen LogP contribution is -2.30. The van der Waals surface area contributed by atoms with Crippen LogP contribution in [-0.2, 0) is 9.53 Å². The van der Waals surface area contributed by atoms with Crippen molar-refractivity contribution in [1.29, 1.82) is 0 Å². The second kappa shape index (κ2) is 20.1. The maximum absolute atomic E-state index is 11.6. The fourth-order valence-electron chi connectivity index (χ4n) is 2.88. The van der Waals surface area contributed by atoms with Crippen LogP contribution in [-0.4, -0.2) is 31.7 Å². The Labute approximate surface area is 161 Å². The lowest BCUT2D eigenvalue weighted by atomic mass is 10.0. The fourth-order valence-corrected chi connectivity index (χ4v) is 2.88. The summed E-state index contributed by atoms with van der Waals surface area (Å²) in [6, 6.07) is 0. The van der Waals surface area contributed by atoms with Gasteiger partial charge in [-0.2, -0.15) is 0 Å². The van der Waals surface area contributed by atoms with E-state index in [-0.39, 0.29) is 12.5 Å². The summed E-state index contributed by atoms with van der Waals surface area (Å²) in [5.41, 5.74) is 0. The zero-order valence-corrected chi connectivity index (χ0v) is 17.0. The number of rotatable bonds is 18. The second-order valence-corrected chi connectivity index (χ2v) is 6.91. The van der Waals surface area contributed by atoms with Crippen molar-refractivity contribution in [1.82, 2.24) is 10.6 Å². The first-order chi connectivity index (χ1) is 12.7. The molecule has 2 amide bonds. The van der Waals surface area contributed by atoms with Gasteiger partial charge < -0.3 is 15.4 Å². The van der Waals surface area contributed by atoms with E-state index in [0.29, 0.717) is 19.5 Å². The fraction of sp³-hybridized carbons (Fsp3) is 0.857. The van der Waals surface area contributed by atoms with Crippen molar-refractivity contribution < 1.29 is 14.3 Å². The highest BCUT2D eigenvalue weighted by atomic mass is 16.5. The van der Waals surface area contributed by atoms with Crippen LogP contribution in [0.4, 0.5) is 4.79 Å². The van der Waals surface area contributed by atoms with E-state index < -0.39 is 6.09 Å². The van der Waals surface area contributed by atoms with Crippen LogP contribution in [0.2, 0.25) is 0 Å². The zero-order valence-electron chi connectivity index (χ0n) is 17.0. The first-order valence-electron chi connectivity index (χ1n) is 10.7. The number of carbonyl (C=O) groups is 2. The van der Waals surface area contributed by atoms with Crippen molar-refractivity contribution in [2.45, 2.75) is 96.8 Å². The topological polar surface area (TPSA) is 67.4 Å². The van der Waals surface area contributed by atoms with E-state index in [2.05, 4.69) is 24.5 Å². The molecule has 0 aromatic heterocycles. The van der Waals surface area contributed by atoms with Gasteiger partial charge in [-0.05, 0) is 13.3 Å². The van der Waals surface area contributed by atoms with Crippen LogP contribution in [0, 0.1) is 6.92 Å². The molecule has 153 valence electrons. The molecule has 0 saturated carbocycles. The van der Waals surface area contributed by atoms with E-state index in [1.54, 1.807) is 0 Å². The molecule has 0 aromatic carbocycles. The van der Waals surface area contributed by atoms with Gasteiger partial charge in [0.25, 0.3) is 0 Å². The van der Waals surface area contributed by atoms with E-state index in [9.17, 15) is 9.59 Å². The van der Waals surface area contributed by atoms with E-state index in [1.807, 2.05) is 0 Å². The third-order valence-electron chi connectivity index (χ3n) is 4.43. The van der Waals surface area contributed by atoms with Crippen molar-refractivity contribution >= 4 is 12.0 Å². The summed E-state index contributed by atoms with van der Waals surface area (Å²) in [5.74, 6) is 0.0363. The Bertz CT molecular complexity index is 335. The smallest absolute Gasteiger partial charge is 0.407 e. The van der Waals surface area contributed by atoms with Crippen molar-refractivity contribution in [3.63, 3.8) is 0 Å². The van der Waals surface area contributed by atoms with Crippen LogP contribution in [0.15, 0.2) is 0 Å². The third-order valence-corrected chi connectivity index (χ3v) is 4.43. The van der Waals surface area contributed by atoms with Crippen LogP contribution in [0.5, 0.6) is 0 Å². The van der Waals surface area contributed by atoms with Crippen LogP contribution in [0.1, 0.15) is 96.8 Å². The van der Waals surface area contributed by atoms with Crippen molar-refractivity contribution in [2.24, 2.45) is 0 Å². The largest absolute Gasteiger partial charge is 0.448 e. The van der Waals surface area contributed by atoms with Crippen LogP contribution < -0.4 is 10.6 Å². The van der Waals surface area contributed by atoms with Gasteiger partial charge in [0.05, 0.1) is 6.54 Å². The first-order valence-corrected chi connectivity index (χ1v) is 10.7.